The van der Waals surface area contributed by atoms with Gasteiger partial charge in [0.2, 0.25) is 0 Å². The highest BCUT2D eigenvalue weighted by Crippen LogP contribution is 2.43. The van der Waals surface area contributed by atoms with Crippen molar-refractivity contribution in [3.05, 3.63) is 69.6 Å². The van der Waals surface area contributed by atoms with Crippen LogP contribution in [0.5, 0.6) is 0 Å². The Morgan fingerprint density at radius 2 is 2.11 bits per heavy atom. The van der Waals surface area contributed by atoms with Crippen LogP contribution in [0.4, 0.5) is 0 Å². The lowest BCUT2D eigenvalue weighted by Gasteiger charge is -2.30. The van der Waals surface area contributed by atoms with Gasteiger partial charge in [-0.3, -0.25) is 9.59 Å². The summed E-state index contributed by atoms with van der Waals surface area (Å²) in [7, 11) is 0. The van der Waals surface area contributed by atoms with Gasteiger partial charge in [0.1, 0.15) is 5.60 Å². The van der Waals surface area contributed by atoms with E-state index in [-0.39, 0.29) is 18.0 Å². The highest BCUT2D eigenvalue weighted by Gasteiger charge is 2.49. The van der Waals surface area contributed by atoms with Crippen LogP contribution in [0.25, 0.3) is 0 Å². The summed E-state index contributed by atoms with van der Waals surface area (Å²) < 4.78 is 7.46. The molecule has 0 saturated carbocycles. The molecule has 1 N–H and O–H groups in total. The molecule has 0 aliphatic carbocycles. The van der Waals surface area contributed by atoms with Gasteiger partial charge in [0.15, 0.2) is 5.60 Å². The molecule has 2 unspecified atom stereocenters. The Kier molecular flexibility index (Phi) is 4.20. The summed E-state index contributed by atoms with van der Waals surface area (Å²) in [5.74, 6) is -0.375. The molecule has 0 radical (unpaired) electrons. The Hall–Kier alpha value is -2.44. The second-order valence-electron chi connectivity index (χ2n) is 7.86. The molecule has 2 aromatic rings. The normalized spacial score (nSPS) is 23.4. The van der Waals surface area contributed by atoms with E-state index in [4.69, 9.17) is 4.74 Å². The number of aliphatic hydroxyl groups is 1. The van der Waals surface area contributed by atoms with Crippen molar-refractivity contribution in [3.8, 4) is 0 Å². The lowest BCUT2D eigenvalue weighted by Crippen LogP contribution is -2.50. The summed E-state index contributed by atoms with van der Waals surface area (Å²) >= 11 is 0. The second kappa shape index (κ2) is 6.32. The predicted molar refractivity (Wildman–Crippen MR) is 100 cm³/mol. The number of fused-ring (bicyclic) bond motifs is 2. The number of likely N-dealkylation sites (tertiary alicyclic amines) is 1. The third kappa shape index (κ3) is 3.09. The number of nitrogens with zero attached hydrogens (tertiary/aromatic N) is 2. The number of carbonyl (C=O) groups excluding carboxylic acids is 1. The zero-order chi connectivity index (χ0) is 19.2. The molecule has 2 aliphatic rings. The molecular formula is C21H24N2O4. The van der Waals surface area contributed by atoms with Crippen LogP contribution in [0.15, 0.2) is 47.4 Å². The smallest absolute Gasteiger partial charge is 0.256 e. The number of pyridine rings is 1. The van der Waals surface area contributed by atoms with Crippen molar-refractivity contribution in [1.82, 2.24) is 9.47 Å². The van der Waals surface area contributed by atoms with E-state index in [1.165, 1.54) is 17.6 Å². The number of aryl methyl sites for hydroxylation is 1. The molecule has 142 valence electrons. The van der Waals surface area contributed by atoms with E-state index in [1.54, 1.807) is 17.2 Å². The first-order valence-electron chi connectivity index (χ1n) is 9.22. The molecule has 1 amide bonds. The number of carbonyl (C=O) groups is 1. The van der Waals surface area contributed by atoms with Gasteiger partial charge < -0.3 is 19.3 Å². The first-order chi connectivity index (χ1) is 12.8. The largest absolute Gasteiger partial charge is 0.378 e. The second-order valence-corrected chi connectivity index (χ2v) is 7.86. The lowest BCUT2D eigenvalue weighted by molar-refractivity contribution is -0.151. The molecule has 27 heavy (non-hydrogen) atoms. The summed E-state index contributed by atoms with van der Waals surface area (Å²) in [5.41, 5.74) is 0.764. The van der Waals surface area contributed by atoms with Gasteiger partial charge in [-0.05, 0) is 43.0 Å². The minimum atomic E-state index is -1.66. The number of hydrogen-bond acceptors (Lipinski definition) is 4. The number of amides is 1. The Morgan fingerprint density at radius 1 is 1.33 bits per heavy atom. The molecule has 4 rings (SSSR count). The minimum absolute atomic E-state index is 0.0775. The van der Waals surface area contributed by atoms with Crippen LogP contribution in [-0.4, -0.2) is 39.2 Å². The number of hydrogen-bond donors (Lipinski definition) is 1. The fraction of sp³-hybridized carbons (Fsp3) is 0.429. The van der Waals surface area contributed by atoms with E-state index in [9.17, 15) is 14.7 Å². The summed E-state index contributed by atoms with van der Waals surface area (Å²) in [6, 6.07) is 11.4. The van der Waals surface area contributed by atoms with Crippen molar-refractivity contribution in [3.63, 3.8) is 0 Å². The molecule has 1 aromatic carbocycles. The molecule has 6 nitrogen and oxygen atoms in total. The van der Waals surface area contributed by atoms with Crippen molar-refractivity contribution in [2.24, 2.45) is 0 Å². The summed E-state index contributed by atoms with van der Waals surface area (Å²) in [6.07, 6.45) is 2.32. The Balaban J connectivity index is 1.52. The molecule has 2 atom stereocenters. The summed E-state index contributed by atoms with van der Waals surface area (Å²) in [5, 5.41) is 10.8. The molecule has 1 fully saturated rings. The fourth-order valence-electron chi connectivity index (χ4n) is 4.15. The van der Waals surface area contributed by atoms with Crippen molar-refractivity contribution in [1.29, 1.82) is 0 Å². The highest BCUT2D eigenvalue weighted by molar-refractivity contribution is 5.85. The molecule has 6 heteroatoms. The maximum Gasteiger partial charge on any atom is 0.256 e. The fourth-order valence-corrected chi connectivity index (χ4v) is 4.15. The van der Waals surface area contributed by atoms with Gasteiger partial charge in [-0.25, -0.2) is 0 Å². The monoisotopic (exact) mass is 368 g/mol. The van der Waals surface area contributed by atoms with E-state index in [0.29, 0.717) is 26.1 Å². The van der Waals surface area contributed by atoms with Crippen molar-refractivity contribution in [2.75, 3.05) is 13.1 Å². The zero-order valence-electron chi connectivity index (χ0n) is 15.6. The van der Waals surface area contributed by atoms with Crippen molar-refractivity contribution >= 4 is 5.91 Å². The van der Waals surface area contributed by atoms with E-state index in [2.05, 4.69) is 12.1 Å². The molecule has 1 saturated heterocycles. The van der Waals surface area contributed by atoms with Gasteiger partial charge in [0.25, 0.3) is 11.5 Å². The van der Waals surface area contributed by atoms with Crippen molar-refractivity contribution < 1.29 is 14.6 Å². The topological polar surface area (TPSA) is 71.8 Å². The van der Waals surface area contributed by atoms with E-state index in [1.807, 2.05) is 19.1 Å². The summed E-state index contributed by atoms with van der Waals surface area (Å²) in [4.78, 5) is 26.8. The number of ether oxygens (including phenoxy) is 1. The van der Waals surface area contributed by atoms with Crippen LogP contribution < -0.4 is 5.56 Å². The molecule has 0 bridgehead atoms. The number of benzene rings is 1. The van der Waals surface area contributed by atoms with E-state index >= 15 is 0 Å². The van der Waals surface area contributed by atoms with Gasteiger partial charge in [0.05, 0.1) is 19.7 Å². The Labute approximate surface area is 158 Å². The number of aromatic nitrogens is 1. The third-order valence-corrected chi connectivity index (χ3v) is 5.62. The van der Waals surface area contributed by atoms with Crippen LogP contribution >= 0.6 is 0 Å². The molecule has 1 aromatic heterocycles. The average Bonchev–Trinajstić information content (AvgIpc) is 3.23. The molecule has 1 spiro atoms. The Bertz CT molecular complexity index is 949. The van der Waals surface area contributed by atoms with Crippen LogP contribution in [0.3, 0.4) is 0 Å². The summed E-state index contributed by atoms with van der Waals surface area (Å²) in [6.45, 7) is 4.71. The third-order valence-electron chi connectivity index (χ3n) is 5.62. The van der Waals surface area contributed by atoms with Crippen LogP contribution in [0.2, 0.25) is 0 Å². The Morgan fingerprint density at radius 3 is 2.89 bits per heavy atom. The standard InChI is InChI=1S/C21H24N2O4/c1-15-7-9-22(18(24)11-15)13-20(2,26)19(25)23-10-8-21(14-23)17-6-4-3-5-16(17)12-27-21/h3-7,9,11,26H,8,10,12-14H2,1-2H3. The first kappa shape index (κ1) is 17.9. The van der Waals surface area contributed by atoms with Gasteiger partial charge in [-0.2, -0.15) is 0 Å². The quantitative estimate of drug-likeness (QED) is 0.893. The van der Waals surface area contributed by atoms with Gasteiger partial charge in [0, 0.05) is 18.8 Å². The zero-order valence-corrected chi connectivity index (χ0v) is 15.6. The van der Waals surface area contributed by atoms with Gasteiger partial charge in [-0.1, -0.05) is 24.3 Å². The molecule has 3 heterocycles. The first-order valence-corrected chi connectivity index (χ1v) is 9.22. The lowest BCUT2D eigenvalue weighted by atomic mass is 9.92. The molecular weight excluding hydrogens is 344 g/mol. The number of rotatable bonds is 3. The maximum absolute atomic E-state index is 13.0. The minimum Gasteiger partial charge on any atom is -0.378 e. The van der Waals surface area contributed by atoms with E-state index < -0.39 is 11.2 Å². The van der Waals surface area contributed by atoms with Gasteiger partial charge in [-0.15, -0.1) is 0 Å². The SMILES string of the molecule is Cc1ccn(CC(C)(O)C(=O)N2CCC3(C2)OCc2ccccc23)c(=O)c1. The van der Waals surface area contributed by atoms with Crippen LogP contribution in [-0.2, 0) is 28.3 Å². The predicted octanol–water partition coefficient (Wildman–Crippen LogP) is 1.57. The maximum atomic E-state index is 13.0. The van der Waals surface area contributed by atoms with Crippen LogP contribution in [0, 0.1) is 6.92 Å². The van der Waals surface area contributed by atoms with Gasteiger partial charge >= 0.3 is 0 Å². The van der Waals surface area contributed by atoms with E-state index in [0.717, 1.165) is 16.7 Å². The average molecular weight is 368 g/mol. The highest BCUT2D eigenvalue weighted by atomic mass is 16.5. The van der Waals surface area contributed by atoms with Crippen LogP contribution in [0.1, 0.15) is 30.0 Å². The van der Waals surface area contributed by atoms with Crippen molar-refractivity contribution in [2.45, 2.75) is 44.6 Å². The molecule has 2 aliphatic heterocycles.